The van der Waals surface area contributed by atoms with E-state index in [0.717, 1.165) is 6.42 Å². The van der Waals surface area contributed by atoms with Crippen LogP contribution < -0.4 is 64.2 Å². The van der Waals surface area contributed by atoms with Gasteiger partial charge in [0, 0.05) is 5.97 Å². The number of carbonyl (C=O) groups excluding carboxylic acids is 1. The van der Waals surface area contributed by atoms with Crippen molar-refractivity contribution in [3.63, 3.8) is 0 Å². The van der Waals surface area contributed by atoms with E-state index in [9.17, 15) is 9.90 Å². The van der Waals surface area contributed by atoms with Crippen molar-refractivity contribution in [3.05, 3.63) is 42.3 Å². The molecule has 0 aliphatic carbocycles. The summed E-state index contributed by atoms with van der Waals surface area (Å²) >= 11 is 0. The summed E-state index contributed by atoms with van der Waals surface area (Å²) in [4.78, 5) is 10.0. The molecule has 0 unspecified atom stereocenters. The van der Waals surface area contributed by atoms with E-state index in [2.05, 4.69) is 0 Å². The molecule has 0 spiro atoms. The van der Waals surface area contributed by atoms with Crippen LogP contribution in [0, 0.1) is 6.42 Å². The zero-order valence-electron chi connectivity index (χ0n) is 7.28. The number of benzene rings is 1. The summed E-state index contributed by atoms with van der Waals surface area (Å²) in [6.45, 7) is 0. The molecule has 0 radical (unpaired) electrons. The molecule has 0 saturated heterocycles. The number of aliphatic carboxylic acids is 1. The first-order chi connectivity index (χ1) is 4.79. The van der Waals surface area contributed by atoms with Crippen molar-refractivity contribution in [3.8, 4) is 0 Å². The van der Waals surface area contributed by atoms with Crippen LogP contribution in [-0.2, 0) is 4.79 Å². The number of hydrogen-bond acceptors (Lipinski definition) is 2. The van der Waals surface area contributed by atoms with Gasteiger partial charge in [-0.2, -0.15) is 17.7 Å². The maximum Gasteiger partial charge on any atom is 1.00 e. The van der Waals surface area contributed by atoms with E-state index in [0.29, 0.717) is 5.56 Å². The molecule has 0 bridgehead atoms. The quantitative estimate of drug-likeness (QED) is 0.336. The minimum atomic E-state index is -1.16. The molecule has 0 amide bonds. The van der Waals surface area contributed by atoms with E-state index in [-0.39, 0.29) is 59.1 Å². The summed E-state index contributed by atoms with van der Waals surface area (Å²) in [5, 5.41) is 10.0. The Morgan fingerprint density at radius 1 is 1.17 bits per heavy atom. The summed E-state index contributed by atoms with van der Waals surface area (Å²) in [6, 6.07) is 8.78. The first-order valence-electron chi connectivity index (χ1n) is 2.90. The molecule has 0 aliphatic rings. The summed E-state index contributed by atoms with van der Waals surface area (Å²) in [5.41, 5.74) is 0.655. The van der Waals surface area contributed by atoms with Gasteiger partial charge in [0.1, 0.15) is 0 Å². The maximum atomic E-state index is 10.0. The van der Waals surface area contributed by atoms with Crippen LogP contribution in [0.4, 0.5) is 0 Å². The van der Waals surface area contributed by atoms with Crippen LogP contribution in [0.15, 0.2) is 30.3 Å². The Labute approximate surface area is 116 Å². The van der Waals surface area contributed by atoms with Crippen molar-refractivity contribution < 1.29 is 69.0 Å². The van der Waals surface area contributed by atoms with Crippen molar-refractivity contribution in [2.45, 2.75) is 0 Å². The molecule has 1 aromatic rings. The average molecular weight is 180 g/mol. The Morgan fingerprint density at radius 3 is 2.08 bits per heavy atom. The van der Waals surface area contributed by atoms with Gasteiger partial charge in [0.05, 0.1) is 0 Å². The fraction of sp³-hybridized carbons (Fsp3) is 0. The van der Waals surface area contributed by atoms with Crippen molar-refractivity contribution in [2.24, 2.45) is 0 Å². The maximum absolute atomic E-state index is 10.0. The molecular formula is C8H6Na2O2. The van der Waals surface area contributed by atoms with Gasteiger partial charge in [-0.3, -0.25) is 0 Å². The second kappa shape index (κ2) is 8.17. The normalized spacial score (nSPS) is 7.33. The van der Waals surface area contributed by atoms with E-state index in [1.54, 1.807) is 24.3 Å². The van der Waals surface area contributed by atoms with Crippen molar-refractivity contribution in [1.82, 2.24) is 0 Å². The van der Waals surface area contributed by atoms with Gasteiger partial charge < -0.3 is 9.90 Å². The predicted octanol–water partition coefficient (Wildman–Crippen LogP) is -6.00. The van der Waals surface area contributed by atoms with E-state index < -0.39 is 5.97 Å². The molecule has 4 heteroatoms. The third-order valence-corrected chi connectivity index (χ3v) is 1.08. The molecule has 0 aliphatic heterocycles. The number of carboxylic acid groups (broad SMARTS) is 1. The number of hydrogen-bond donors (Lipinski definition) is 0. The van der Waals surface area contributed by atoms with Gasteiger partial charge in [-0.25, -0.2) is 0 Å². The fourth-order valence-corrected chi connectivity index (χ4v) is 0.685. The van der Waals surface area contributed by atoms with E-state index >= 15 is 0 Å². The van der Waals surface area contributed by atoms with Crippen molar-refractivity contribution in [2.75, 3.05) is 0 Å². The first-order valence-corrected chi connectivity index (χ1v) is 2.90. The van der Waals surface area contributed by atoms with Crippen LogP contribution in [0.1, 0.15) is 5.56 Å². The molecule has 52 valence electrons. The first kappa shape index (κ1) is 15.1. The zero-order chi connectivity index (χ0) is 7.40. The Hall–Kier alpha value is 0.560. The van der Waals surface area contributed by atoms with Gasteiger partial charge in [-0.05, 0) is 0 Å². The van der Waals surface area contributed by atoms with E-state index in [4.69, 9.17) is 0 Å². The smallest absolute Gasteiger partial charge is 0.560 e. The van der Waals surface area contributed by atoms with Gasteiger partial charge in [0.25, 0.3) is 0 Å². The van der Waals surface area contributed by atoms with E-state index in [1.165, 1.54) is 0 Å². The molecule has 1 rings (SSSR count). The minimum Gasteiger partial charge on any atom is -0.560 e. The summed E-state index contributed by atoms with van der Waals surface area (Å²) < 4.78 is 0. The Kier molecular flexibility index (Phi) is 10.2. The van der Waals surface area contributed by atoms with Crippen LogP contribution in [-0.4, -0.2) is 5.97 Å². The standard InChI is InChI=1S/C8H7O2.2Na/c9-8(10)6-7-4-2-1-3-5-7;;/h1-6H,(H,9,10);;/q-1;2*+1/p-1. The Morgan fingerprint density at radius 2 is 1.67 bits per heavy atom. The monoisotopic (exact) mass is 180 g/mol. The van der Waals surface area contributed by atoms with Crippen LogP contribution in [0.2, 0.25) is 0 Å². The molecule has 0 saturated carbocycles. The van der Waals surface area contributed by atoms with Crippen LogP contribution >= 0.6 is 0 Å². The van der Waals surface area contributed by atoms with Gasteiger partial charge in [-0.1, -0.05) is 6.07 Å². The summed E-state index contributed by atoms with van der Waals surface area (Å²) in [6.07, 6.45) is 1.06. The number of carbonyl (C=O) groups is 1. The van der Waals surface area contributed by atoms with Crippen LogP contribution in [0.3, 0.4) is 0 Å². The second-order valence-corrected chi connectivity index (χ2v) is 1.87. The van der Waals surface area contributed by atoms with Crippen molar-refractivity contribution in [1.29, 1.82) is 0 Å². The predicted molar refractivity (Wildman–Crippen MR) is 34.9 cm³/mol. The molecule has 0 N–H and O–H groups in total. The topological polar surface area (TPSA) is 40.1 Å². The third-order valence-electron chi connectivity index (χ3n) is 1.08. The molecule has 0 aromatic heterocycles. The molecule has 12 heavy (non-hydrogen) atoms. The zero-order valence-corrected chi connectivity index (χ0v) is 11.3. The molecule has 0 heterocycles. The molecule has 0 atom stereocenters. The number of rotatable bonds is 2. The summed E-state index contributed by atoms with van der Waals surface area (Å²) in [5.74, 6) is -1.16. The Bertz CT molecular complexity index is 224. The third kappa shape index (κ3) is 6.12. The van der Waals surface area contributed by atoms with Gasteiger partial charge in [0.15, 0.2) is 0 Å². The molecule has 1 aromatic carbocycles. The van der Waals surface area contributed by atoms with Gasteiger partial charge in [0.2, 0.25) is 0 Å². The fourth-order valence-electron chi connectivity index (χ4n) is 0.685. The number of carboxylic acids is 1. The molecule has 0 fully saturated rings. The van der Waals surface area contributed by atoms with E-state index in [1.807, 2.05) is 6.07 Å². The molecular weight excluding hydrogens is 174 g/mol. The average Bonchev–Trinajstić information content (AvgIpc) is 1.88. The SMILES string of the molecule is O=C([O-])[CH-]c1ccccc1.[Na+].[Na+]. The minimum absolute atomic E-state index is 0. The van der Waals surface area contributed by atoms with Gasteiger partial charge >= 0.3 is 59.1 Å². The Balaban J connectivity index is 0. The van der Waals surface area contributed by atoms with Crippen LogP contribution in [0.5, 0.6) is 0 Å². The second-order valence-electron chi connectivity index (χ2n) is 1.87. The summed E-state index contributed by atoms with van der Waals surface area (Å²) in [7, 11) is 0. The van der Waals surface area contributed by atoms with Crippen molar-refractivity contribution >= 4 is 5.97 Å². The van der Waals surface area contributed by atoms with Crippen LogP contribution in [0.25, 0.3) is 0 Å². The van der Waals surface area contributed by atoms with Gasteiger partial charge in [-0.15, -0.1) is 18.6 Å². The largest absolute Gasteiger partial charge is 1.00 e. The molecule has 2 nitrogen and oxygen atoms in total.